The summed E-state index contributed by atoms with van der Waals surface area (Å²) in [5.74, 6) is 2.86. The largest absolute Gasteiger partial charge is 0.454 e. The Balaban J connectivity index is 0.00000132. The van der Waals surface area contributed by atoms with Gasteiger partial charge in [-0.3, -0.25) is 4.79 Å². The van der Waals surface area contributed by atoms with Crippen molar-refractivity contribution in [2.45, 2.75) is 6.42 Å². The first-order valence-electron chi connectivity index (χ1n) is 7.21. The van der Waals surface area contributed by atoms with E-state index < -0.39 is 0 Å². The number of fused-ring (bicyclic) bond motifs is 2. The van der Waals surface area contributed by atoms with E-state index in [-0.39, 0.29) is 25.1 Å². The molecule has 2 saturated heterocycles. The van der Waals surface area contributed by atoms with Crippen molar-refractivity contribution in [1.82, 2.24) is 10.2 Å². The fourth-order valence-electron chi connectivity index (χ4n) is 3.43. The van der Waals surface area contributed by atoms with Crippen molar-refractivity contribution in [2.24, 2.45) is 11.8 Å². The molecule has 2 unspecified atom stereocenters. The van der Waals surface area contributed by atoms with Gasteiger partial charge in [0.15, 0.2) is 11.5 Å². The number of nitrogens with one attached hydrogen (secondary N) is 1. The van der Waals surface area contributed by atoms with E-state index in [1.807, 2.05) is 17.0 Å². The molecule has 0 aliphatic carbocycles. The maximum atomic E-state index is 12.6. The summed E-state index contributed by atoms with van der Waals surface area (Å²) in [4.78, 5) is 14.6. The minimum atomic E-state index is 0. The number of rotatable bonds is 1. The van der Waals surface area contributed by atoms with Gasteiger partial charge in [-0.25, -0.2) is 0 Å². The van der Waals surface area contributed by atoms with Crippen molar-refractivity contribution in [3.63, 3.8) is 0 Å². The molecule has 3 heterocycles. The van der Waals surface area contributed by atoms with Gasteiger partial charge in [0.05, 0.1) is 0 Å². The lowest BCUT2D eigenvalue weighted by molar-refractivity contribution is 0.0642. The van der Waals surface area contributed by atoms with Gasteiger partial charge in [-0.05, 0) is 49.5 Å². The van der Waals surface area contributed by atoms with Crippen molar-refractivity contribution in [3.05, 3.63) is 23.8 Å². The highest BCUT2D eigenvalue weighted by molar-refractivity contribution is 5.95. The van der Waals surface area contributed by atoms with E-state index in [0.717, 1.165) is 44.3 Å². The molecule has 6 heteroatoms. The van der Waals surface area contributed by atoms with E-state index in [9.17, 15) is 4.79 Å². The van der Waals surface area contributed by atoms with Gasteiger partial charge in [0.1, 0.15) is 0 Å². The number of amides is 1. The molecule has 0 spiro atoms. The lowest BCUT2D eigenvalue weighted by atomic mass is 9.88. The van der Waals surface area contributed by atoms with Crippen LogP contribution in [-0.4, -0.2) is 43.8 Å². The van der Waals surface area contributed by atoms with Crippen LogP contribution in [0.25, 0.3) is 0 Å². The lowest BCUT2D eigenvalue weighted by Crippen LogP contribution is -2.43. The van der Waals surface area contributed by atoms with Crippen LogP contribution in [-0.2, 0) is 0 Å². The highest BCUT2D eigenvalue weighted by Gasteiger charge is 2.34. The Morgan fingerprint density at radius 1 is 1.19 bits per heavy atom. The average molecular weight is 311 g/mol. The zero-order valence-electron chi connectivity index (χ0n) is 11.7. The number of ether oxygens (including phenoxy) is 2. The van der Waals surface area contributed by atoms with Gasteiger partial charge in [-0.15, -0.1) is 12.4 Å². The molecule has 2 atom stereocenters. The molecule has 2 fully saturated rings. The summed E-state index contributed by atoms with van der Waals surface area (Å²) < 4.78 is 10.6. The van der Waals surface area contributed by atoms with Gasteiger partial charge < -0.3 is 19.7 Å². The SMILES string of the molecule is Cl.O=C(c1ccc2c(c1)OCO2)N1CCC2CNCC2C1. The summed E-state index contributed by atoms with van der Waals surface area (Å²) in [5.41, 5.74) is 0.693. The summed E-state index contributed by atoms with van der Waals surface area (Å²) in [6.45, 7) is 4.11. The summed E-state index contributed by atoms with van der Waals surface area (Å²) in [6, 6.07) is 5.44. The third kappa shape index (κ3) is 2.56. The number of piperidine rings is 1. The van der Waals surface area contributed by atoms with Gasteiger partial charge in [-0.2, -0.15) is 0 Å². The predicted molar refractivity (Wildman–Crippen MR) is 80.2 cm³/mol. The van der Waals surface area contributed by atoms with Crippen LogP contribution in [0.4, 0.5) is 0 Å². The summed E-state index contributed by atoms with van der Waals surface area (Å²) in [5, 5.41) is 3.42. The summed E-state index contributed by atoms with van der Waals surface area (Å²) in [7, 11) is 0. The van der Waals surface area contributed by atoms with Crippen molar-refractivity contribution in [3.8, 4) is 11.5 Å². The van der Waals surface area contributed by atoms with Gasteiger partial charge >= 0.3 is 0 Å². The van der Waals surface area contributed by atoms with Crippen LogP contribution in [0.15, 0.2) is 18.2 Å². The zero-order chi connectivity index (χ0) is 13.5. The standard InChI is InChI=1S/C15H18N2O3.ClH/c18-15(10-1-2-13-14(5-10)20-9-19-13)17-4-3-11-6-16-7-12(11)8-17;/h1-2,5,11-12,16H,3-4,6-9H2;1H. The third-order valence-electron chi connectivity index (χ3n) is 4.61. The number of nitrogens with zero attached hydrogens (tertiary/aromatic N) is 1. The van der Waals surface area contributed by atoms with Crippen LogP contribution in [0.1, 0.15) is 16.8 Å². The highest BCUT2D eigenvalue weighted by Crippen LogP contribution is 2.33. The number of hydrogen-bond donors (Lipinski definition) is 1. The first-order valence-corrected chi connectivity index (χ1v) is 7.21. The van der Waals surface area contributed by atoms with E-state index in [1.165, 1.54) is 0 Å². The van der Waals surface area contributed by atoms with Crippen LogP contribution in [0.3, 0.4) is 0 Å². The molecule has 21 heavy (non-hydrogen) atoms. The summed E-state index contributed by atoms with van der Waals surface area (Å²) in [6.07, 6.45) is 1.11. The number of carbonyl (C=O) groups excluding carboxylic acids is 1. The second-order valence-corrected chi connectivity index (χ2v) is 5.79. The minimum Gasteiger partial charge on any atom is -0.454 e. The molecule has 0 bridgehead atoms. The number of hydrogen-bond acceptors (Lipinski definition) is 4. The topological polar surface area (TPSA) is 50.8 Å². The van der Waals surface area contributed by atoms with Crippen LogP contribution >= 0.6 is 12.4 Å². The molecule has 5 nitrogen and oxygen atoms in total. The van der Waals surface area contributed by atoms with E-state index >= 15 is 0 Å². The molecule has 114 valence electrons. The fraction of sp³-hybridized carbons (Fsp3) is 0.533. The maximum absolute atomic E-state index is 12.6. The van der Waals surface area contributed by atoms with E-state index in [0.29, 0.717) is 17.2 Å². The molecule has 1 N–H and O–H groups in total. The number of carbonyl (C=O) groups is 1. The van der Waals surface area contributed by atoms with Crippen LogP contribution in [0, 0.1) is 11.8 Å². The van der Waals surface area contributed by atoms with E-state index in [2.05, 4.69) is 5.32 Å². The summed E-state index contributed by atoms with van der Waals surface area (Å²) >= 11 is 0. The normalized spacial score (nSPS) is 26.2. The van der Waals surface area contributed by atoms with Gasteiger partial charge in [-0.1, -0.05) is 0 Å². The molecule has 1 aromatic carbocycles. The van der Waals surface area contributed by atoms with E-state index in [4.69, 9.17) is 9.47 Å². The Hall–Kier alpha value is -1.46. The lowest BCUT2D eigenvalue weighted by Gasteiger charge is -2.34. The van der Waals surface area contributed by atoms with Crippen molar-refractivity contribution in [2.75, 3.05) is 33.0 Å². The number of halogens is 1. The van der Waals surface area contributed by atoms with Gasteiger partial charge in [0.2, 0.25) is 6.79 Å². The van der Waals surface area contributed by atoms with Crippen molar-refractivity contribution >= 4 is 18.3 Å². The zero-order valence-corrected chi connectivity index (χ0v) is 12.5. The Morgan fingerprint density at radius 2 is 2.00 bits per heavy atom. The van der Waals surface area contributed by atoms with Crippen LogP contribution in [0.5, 0.6) is 11.5 Å². The van der Waals surface area contributed by atoms with Gasteiger partial charge in [0.25, 0.3) is 5.91 Å². The van der Waals surface area contributed by atoms with Crippen LogP contribution < -0.4 is 14.8 Å². The van der Waals surface area contributed by atoms with E-state index in [1.54, 1.807) is 6.07 Å². The Labute approximate surface area is 130 Å². The average Bonchev–Trinajstić information content (AvgIpc) is 3.13. The molecule has 0 radical (unpaired) electrons. The Morgan fingerprint density at radius 3 is 2.90 bits per heavy atom. The van der Waals surface area contributed by atoms with Crippen LogP contribution in [0.2, 0.25) is 0 Å². The molecule has 0 saturated carbocycles. The van der Waals surface area contributed by atoms with Crippen molar-refractivity contribution in [1.29, 1.82) is 0 Å². The first-order chi connectivity index (χ1) is 9.81. The smallest absolute Gasteiger partial charge is 0.254 e. The Bertz CT molecular complexity index is 552. The minimum absolute atomic E-state index is 0. The second kappa shape index (κ2) is 5.73. The second-order valence-electron chi connectivity index (χ2n) is 5.79. The number of likely N-dealkylation sites (tertiary alicyclic amines) is 1. The maximum Gasteiger partial charge on any atom is 0.254 e. The molecule has 3 aliphatic heterocycles. The first kappa shape index (κ1) is 14.5. The molecule has 3 aliphatic rings. The molecule has 1 amide bonds. The quantitative estimate of drug-likeness (QED) is 0.854. The molecular weight excluding hydrogens is 292 g/mol. The number of benzene rings is 1. The molecule has 1 aromatic rings. The monoisotopic (exact) mass is 310 g/mol. The third-order valence-corrected chi connectivity index (χ3v) is 4.61. The highest BCUT2D eigenvalue weighted by atomic mass is 35.5. The fourth-order valence-corrected chi connectivity index (χ4v) is 3.43. The van der Waals surface area contributed by atoms with Gasteiger partial charge in [0, 0.05) is 18.7 Å². The Kier molecular flexibility index (Phi) is 3.95. The predicted octanol–water partition coefficient (Wildman–Crippen LogP) is 1.52. The molecule has 0 aromatic heterocycles. The molecular formula is C15H19ClN2O3. The molecule has 4 rings (SSSR count). The van der Waals surface area contributed by atoms with Crippen molar-refractivity contribution < 1.29 is 14.3 Å².